The predicted molar refractivity (Wildman–Crippen MR) is 63.5 cm³/mol. The SMILES string of the molecule is CC1=NN=C(N)N(c2cccc(C(F)(F)F)c2)C1. The molecule has 1 aromatic rings. The van der Waals surface area contributed by atoms with Gasteiger partial charge in [-0.2, -0.15) is 18.3 Å². The largest absolute Gasteiger partial charge is 0.416 e. The molecule has 1 aliphatic heterocycles. The van der Waals surface area contributed by atoms with Gasteiger partial charge < -0.3 is 10.6 Å². The van der Waals surface area contributed by atoms with E-state index in [1.54, 1.807) is 13.0 Å². The number of nitrogens with zero attached hydrogens (tertiary/aromatic N) is 3. The summed E-state index contributed by atoms with van der Waals surface area (Å²) < 4.78 is 37.8. The van der Waals surface area contributed by atoms with E-state index in [0.29, 0.717) is 17.9 Å². The van der Waals surface area contributed by atoms with Gasteiger partial charge in [0.05, 0.1) is 17.8 Å². The van der Waals surface area contributed by atoms with Gasteiger partial charge in [-0.15, -0.1) is 5.10 Å². The Bertz CT molecular complexity index is 519. The number of alkyl halides is 3. The Kier molecular flexibility index (Phi) is 2.98. The molecule has 96 valence electrons. The molecule has 0 bridgehead atoms. The van der Waals surface area contributed by atoms with Crippen LogP contribution >= 0.6 is 0 Å². The van der Waals surface area contributed by atoms with Crippen LogP contribution in [0.3, 0.4) is 0 Å². The average molecular weight is 256 g/mol. The van der Waals surface area contributed by atoms with Crippen molar-refractivity contribution in [3.8, 4) is 0 Å². The molecule has 0 aliphatic carbocycles. The van der Waals surface area contributed by atoms with Crippen LogP contribution in [-0.4, -0.2) is 18.2 Å². The standard InChI is InChI=1S/C11H11F3N4/c1-7-6-18(10(15)17-16-7)9-4-2-3-8(5-9)11(12,13)14/h2-5H,6H2,1H3,(H2,15,17). The van der Waals surface area contributed by atoms with Crippen molar-refractivity contribution >= 4 is 17.4 Å². The van der Waals surface area contributed by atoms with Crippen LogP contribution in [0.1, 0.15) is 12.5 Å². The number of nitrogens with two attached hydrogens (primary N) is 1. The minimum Gasteiger partial charge on any atom is -0.368 e. The second-order valence-corrected chi connectivity index (χ2v) is 3.93. The summed E-state index contributed by atoms with van der Waals surface area (Å²) in [6.45, 7) is 2.06. The summed E-state index contributed by atoms with van der Waals surface area (Å²) in [5, 5.41) is 7.46. The highest BCUT2D eigenvalue weighted by atomic mass is 19.4. The van der Waals surface area contributed by atoms with E-state index in [4.69, 9.17) is 5.73 Å². The quantitative estimate of drug-likeness (QED) is 0.837. The molecule has 1 heterocycles. The normalized spacial score (nSPS) is 16.3. The number of guanidine groups is 1. The minimum atomic E-state index is -4.37. The van der Waals surface area contributed by atoms with Crippen molar-refractivity contribution in [1.29, 1.82) is 0 Å². The zero-order valence-electron chi connectivity index (χ0n) is 9.57. The van der Waals surface area contributed by atoms with Gasteiger partial charge in [0.15, 0.2) is 0 Å². The molecule has 2 N–H and O–H groups in total. The zero-order valence-corrected chi connectivity index (χ0v) is 9.57. The van der Waals surface area contributed by atoms with E-state index in [0.717, 1.165) is 12.1 Å². The Balaban J connectivity index is 2.35. The van der Waals surface area contributed by atoms with Gasteiger partial charge in [0.2, 0.25) is 5.96 Å². The predicted octanol–water partition coefficient (Wildman–Crippen LogP) is 2.22. The molecule has 2 rings (SSSR count). The van der Waals surface area contributed by atoms with Gasteiger partial charge in [-0.1, -0.05) is 6.07 Å². The molecule has 4 nitrogen and oxygen atoms in total. The summed E-state index contributed by atoms with van der Waals surface area (Å²) >= 11 is 0. The number of rotatable bonds is 1. The molecule has 0 fully saturated rings. The van der Waals surface area contributed by atoms with Gasteiger partial charge in [0.1, 0.15) is 0 Å². The van der Waals surface area contributed by atoms with Crippen LogP contribution in [0.2, 0.25) is 0 Å². The van der Waals surface area contributed by atoms with E-state index >= 15 is 0 Å². The second-order valence-electron chi connectivity index (χ2n) is 3.93. The molecule has 0 radical (unpaired) electrons. The van der Waals surface area contributed by atoms with Crippen LogP contribution in [0, 0.1) is 0 Å². The summed E-state index contributed by atoms with van der Waals surface area (Å²) in [6.07, 6.45) is -4.37. The lowest BCUT2D eigenvalue weighted by molar-refractivity contribution is -0.137. The first-order valence-electron chi connectivity index (χ1n) is 5.19. The molecular weight excluding hydrogens is 245 g/mol. The first-order valence-corrected chi connectivity index (χ1v) is 5.19. The molecule has 0 amide bonds. The van der Waals surface area contributed by atoms with Crippen LogP contribution in [0.5, 0.6) is 0 Å². The number of hydrogen-bond acceptors (Lipinski definition) is 4. The molecule has 0 saturated carbocycles. The van der Waals surface area contributed by atoms with Gasteiger partial charge in [0.25, 0.3) is 0 Å². The van der Waals surface area contributed by atoms with Gasteiger partial charge in [-0.05, 0) is 25.1 Å². The van der Waals surface area contributed by atoms with Crippen LogP contribution in [0.15, 0.2) is 34.5 Å². The van der Waals surface area contributed by atoms with E-state index in [2.05, 4.69) is 10.2 Å². The Hall–Kier alpha value is -2.05. The third kappa shape index (κ3) is 2.44. The molecular formula is C11H11F3N4. The fourth-order valence-corrected chi connectivity index (χ4v) is 1.61. The second kappa shape index (κ2) is 4.32. The molecule has 18 heavy (non-hydrogen) atoms. The molecule has 1 aliphatic rings. The third-order valence-electron chi connectivity index (χ3n) is 2.47. The van der Waals surface area contributed by atoms with Crippen molar-refractivity contribution in [3.63, 3.8) is 0 Å². The summed E-state index contributed by atoms with van der Waals surface area (Å²) in [5.74, 6) is 0.0833. The first-order chi connectivity index (χ1) is 8.38. The minimum absolute atomic E-state index is 0.0833. The molecule has 0 spiro atoms. The monoisotopic (exact) mass is 256 g/mol. The smallest absolute Gasteiger partial charge is 0.368 e. The van der Waals surface area contributed by atoms with Gasteiger partial charge in [-0.3, -0.25) is 0 Å². The maximum absolute atomic E-state index is 12.6. The molecule has 7 heteroatoms. The lowest BCUT2D eigenvalue weighted by Gasteiger charge is -2.25. The van der Waals surface area contributed by atoms with E-state index < -0.39 is 11.7 Å². The summed E-state index contributed by atoms with van der Waals surface area (Å²) in [6, 6.07) is 4.95. The van der Waals surface area contributed by atoms with Crippen molar-refractivity contribution in [2.24, 2.45) is 15.9 Å². The first kappa shape index (κ1) is 12.4. The van der Waals surface area contributed by atoms with Crippen LogP contribution in [0.4, 0.5) is 18.9 Å². The van der Waals surface area contributed by atoms with Crippen molar-refractivity contribution in [2.75, 3.05) is 11.4 Å². The number of benzene rings is 1. The Labute approximate surface area is 102 Å². The van der Waals surface area contributed by atoms with Crippen molar-refractivity contribution in [3.05, 3.63) is 29.8 Å². The maximum atomic E-state index is 12.6. The van der Waals surface area contributed by atoms with Crippen molar-refractivity contribution in [2.45, 2.75) is 13.1 Å². The fraction of sp³-hybridized carbons (Fsp3) is 0.273. The molecule has 0 aromatic heterocycles. The average Bonchev–Trinajstić information content (AvgIpc) is 2.31. The van der Waals surface area contributed by atoms with Crippen LogP contribution < -0.4 is 10.6 Å². The molecule has 0 atom stereocenters. The van der Waals surface area contributed by atoms with E-state index in [9.17, 15) is 13.2 Å². The van der Waals surface area contributed by atoms with Crippen molar-refractivity contribution < 1.29 is 13.2 Å². The van der Waals surface area contributed by atoms with Crippen LogP contribution in [0.25, 0.3) is 0 Å². The van der Waals surface area contributed by atoms with Crippen LogP contribution in [-0.2, 0) is 6.18 Å². The Morgan fingerprint density at radius 3 is 2.67 bits per heavy atom. The Morgan fingerprint density at radius 2 is 2.00 bits per heavy atom. The highest BCUT2D eigenvalue weighted by Crippen LogP contribution is 2.31. The summed E-state index contributed by atoms with van der Waals surface area (Å²) in [5.41, 5.74) is 5.93. The summed E-state index contributed by atoms with van der Waals surface area (Å²) in [4.78, 5) is 1.48. The highest BCUT2D eigenvalue weighted by Gasteiger charge is 2.31. The third-order valence-corrected chi connectivity index (χ3v) is 2.47. The molecule has 1 aromatic carbocycles. The molecule has 0 unspecified atom stereocenters. The number of hydrogen-bond donors (Lipinski definition) is 1. The topological polar surface area (TPSA) is 54.0 Å². The highest BCUT2D eigenvalue weighted by molar-refractivity contribution is 6.03. The number of halogens is 3. The fourth-order valence-electron chi connectivity index (χ4n) is 1.61. The zero-order chi connectivity index (χ0) is 13.3. The lowest BCUT2D eigenvalue weighted by Crippen LogP contribution is -2.42. The van der Waals surface area contributed by atoms with Gasteiger partial charge in [-0.25, -0.2) is 0 Å². The van der Waals surface area contributed by atoms with Crippen molar-refractivity contribution in [1.82, 2.24) is 0 Å². The van der Waals surface area contributed by atoms with Gasteiger partial charge in [0, 0.05) is 5.69 Å². The van der Waals surface area contributed by atoms with E-state index in [-0.39, 0.29) is 5.96 Å². The number of anilines is 1. The van der Waals surface area contributed by atoms with E-state index in [1.165, 1.54) is 11.0 Å². The maximum Gasteiger partial charge on any atom is 0.416 e. The Morgan fingerprint density at radius 1 is 1.28 bits per heavy atom. The lowest BCUT2D eigenvalue weighted by atomic mass is 10.1. The summed E-state index contributed by atoms with van der Waals surface area (Å²) in [7, 11) is 0. The van der Waals surface area contributed by atoms with Gasteiger partial charge >= 0.3 is 6.18 Å². The van der Waals surface area contributed by atoms with E-state index in [1.807, 2.05) is 0 Å². The molecule has 0 saturated heterocycles.